The zero-order valence-corrected chi connectivity index (χ0v) is 10.1. The Hall–Kier alpha value is -1.06. The van der Waals surface area contributed by atoms with E-state index in [1.807, 2.05) is 0 Å². The number of aliphatic imine (C=N–C) groups is 1. The molecule has 0 spiro atoms. The lowest BCUT2D eigenvalue weighted by molar-refractivity contribution is -0.120. The summed E-state index contributed by atoms with van der Waals surface area (Å²) in [6.45, 7) is 9.20. The molecule has 1 amide bonds. The Bertz CT molecular complexity index is 265. The van der Waals surface area contributed by atoms with Crippen molar-refractivity contribution in [2.24, 2.45) is 10.4 Å². The number of hydrogen-bond donors (Lipinski definition) is 2. The second-order valence-corrected chi connectivity index (χ2v) is 5.18. The van der Waals surface area contributed by atoms with Crippen LogP contribution in [0.2, 0.25) is 0 Å². The van der Waals surface area contributed by atoms with Gasteiger partial charge in [-0.15, -0.1) is 0 Å². The van der Waals surface area contributed by atoms with Crippen LogP contribution in [0.1, 0.15) is 40.5 Å². The van der Waals surface area contributed by atoms with Crippen LogP contribution in [-0.4, -0.2) is 24.5 Å². The Balaban J connectivity index is 2.53. The molecule has 0 aliphatic carbocycles. The molecule has 0 bridgehead atoms. The Morgan fingerprint density at radius 2 is 2.07 bits per heavy atom. The molecule has 0 saturated carbocycles. The van der Waals surface area contributed by atoms with Gasteiger partial charge >= 0.3 is 0 Å². The molecule has 1 aliphatic heterocycles. The Morgan fingerprint density at radius 3 is 2.60 bits per heavy atom. The van der Waals surface area contributed by atoms with E-state index in [4.69, 9.17) is 0 Å². The number of amides is 1. The summed E-state index contributed by atoms with van der Waals surface area (Å²) in [5.74, 6) is 0.677. The number of carbonyl (C=O) groups is 1. The van der Waals surface area contributed by atoms with Crippen molar-refractivity contribution in [1.29, 1.82) is 0 Å². The maximum Gasteiger partial charge on any atom is 0.249 e. The fraction of sp³-hybridized carbons (Fsp3) is 0.818. The topological polar surface area (TPSA) is 53.5 Å². The van der Waals surface area contributed by atoms with Crippen molar-refractivity contribution >= 4 is 11.9 Å². The van der Waals surface area contributed by atoms with Gasteiger partial charge in [-0.2, -0.15) is 0 Å². The molecule has 0 aromatic rings. The van der Waals surface area contributed by atoms with Crippen molar-refractivity contribution in [3.8, 4) is 0 Å². The minimum absolute atomic E-state index is 0.0415. The SMILES string of the molecule is CCCN=C1NC(=O)C(CC(C)(C)C)N1. The first-order valence-corrected chi connectivity index (χ1v) is 5.54. The van der Waals surface area contributed by atoms with E-state index in [1.165, 1.54) is 0 Å². The smallest absolute Gasteiger partial charge is 0.249 e. The van der Waals surface area contributed by atoms with Crippen LogP contribution >= 0.6 is 0 Å². The molecule has 1 aliphatic rings. The third-order valence-corrected chi connectivity index (χ3v) is 2.18. The summed E-state index contributed by atoms with van der Waals surface area (Å²) in [5, 5.41) is 5.88. The van der Waals surface area contributed by atoms with Gasteiger partial charge in [0, 0.05) is 6.54 Å². The molecule has 4 nitrogen and oxygen atoms in total. The highest BCUT2D eigenvalue weighted by atomic mass is 16.2. The summed E-state index contributed by atoms with van der Waals surface area (Å²) < 4.78 is 0. The van der Waals surface area contributed by atoms with Gasteiger partial charge in [0.25, 0.3) is 0 Å². The second kappa shape index (κ2) is 4.64. The van der Waals surface area contributed by atoms with Crippen LogP contribution in [0.5, 0.6) is 0 Å². The Labute approximate surface area is 91.5 Å². The molecule has 1 fully saturated rings. The lowest BCUT2D eigenvalue weighted by atomic mass is 9.88. The first kappa shape index (κ1) is 12.0. The van der Waals surface area contributed by atoms with Gasteiger partial charge in [0.05, 0.1) is 0 Å². The first-order chi connectivity index (χ1) is 6.92. The predicted molar refractivity (Wildman–Crippen MR) is 61.7 cm³/mol. The highest BCUT2D eigenvalue weighted by Crippen LogP contribution is 2.21. The number of nitrogens with zero attached hydrogens (tertiary/aromatic N) is 1. The fourth-order valence-electron chi connectivity index (χ4n) is 1.54. The molecule has 1 saturated heterocycles. The zero-order chi connectivity index (χ0) is 11.5. The third kappa shape index (κ3) is 3.90. The molecule has 0 aromatic heterocycles. The van der Waals surface area contributed by atoms with Crippen LogP contribution in [-0.2, 0) is 4.79 Å². The van der Waals surface area contributed by atoms with Gasteiger partial charge in [-0.3, -0.25) is 15.1 Å². The van der Waals surface area contributed by atoms with Crippen LogP contribution < -0.4 is 10.6 Å². The minimum Gasteiger partial charge on any atom is -0.344 e. The average Bonchev–Trinajstić information content (AvgIpc) is 2.41. The van der Waals surface area contributed by atoms with E-state index in [2.05, 4.69) is 43.3 Å². The molecular weight excluding hydrogens is 190 g/mol. The monoisotopic (exact) mass is 211 g/mol. The average molecular weight is 211 g/mol. The van der Waals surface area contributed by atoms with Crippen molar-refractivity contribution < 1.29 is 4.79 Å². The summed E-state index contributed by atoms with van der Waals surface area (Å²) >= 11 is 0. The number of rotatable bonds is 3. The third-order valence-electron chi connectivity index (χ3n) is 2.18. The molecule has 86 valence electrons. The molecule has 1 rings (SSSR count). The molecule has 1 atom stereocenters. The van der Waals surface area contributed by atoms with Gasteiger partial charge < -0.3 is 5.32 Å². The molecule has 0 aromatic carbocycles. The fourth-order valence-corrected chi connectivity index (χ4v) is 1.54. The molecule has 4 heteroatoms. The predicted octanol–water partition coefficient (Wildman–Crippen LogP) is 1.28. The minimum atomic E-state index is -0.124. The van der Waals surface area contributed by atoms with Gasteiger partial charge in [-0.1, -0.05) is 27.7 Å². The van der Waals surface area contributed by atoms with Gasteiger partial charge in [0.1, 0.15) is 6.04 Å². The van der Waals surface area contributed by atoms with Crippen molar-refractivity contribution in [2.45, 2.75) is 46.6 Å². The van der Waals surface area contributed by atoms with Gasteiger partial charge in [-0.25, -0.2) is 0 Å². The Kier molecular flexibility index (Phi) is 3.72. The highest BCUT2D eigenvalue weighted by molar-refractivity contribution is 6.06. The molecule has 2 N–H and O–H groups in total. The van der Waals surface area contributed by atoms with Crippen LogP contribution in [0.25, 0.3) is 0 Å². The second-order valence-electron chi connectivity index (χ2n) is 5.18. The summed E-state index contributed by atoms with van der Waals surface area (Å²) in [6.07, 6.45) is 1.81. The van der Waals surface area contributed by atoms with Crippen molar-refractivity contribution in [3.63, 3.8) is 0 Å². The summed E-state index contributed by atoms with van der Waals surface area (Å²) in [4.78, 5) is 15.8. The normalized spacial score (nSPS) is 24.1. The van der Waals surface area contributed by atoms with Crippen molar-refractivity contribution in [2.75, 3.05) is 6.54 Å². The van der Waals surface area contributed by atoms with E-state index in [9.17, 15) is 4.79 Å². The number of nitrogens with one attached hydrogen (secondary N) is 2. The van der Waals surface area contributed by atoms with Gasteiger partial charge in [0.15, 0.2) is 5.96 Å². The van der Waals surface area contributed by atoms with Crippen molar-refractivity contribution in [3.05, 3.63) is 0 Å². The maximum absolute atomic E-state index is 11.6. The van der Waals surface area contributed by atoms with Crippen molar-refractivity contribution in [1.82, 2.24) is 10.6 Å². The molecule has 1 unspecified atom stereocenters. The van der Waals surface area contributed by atoms with Gasteiger partial charge in [-0.05, 0) is 18.3 Å². The standard InChI is InChI=1S/C11H21N3O/c1-5-6-12-10-13-8(9(15)14-10)7-11(2,3)4/h8H,5-7H2,1-4H3,(H2,12,13,14,15). The quantitative estimate of drug-likeness (QED) is 0.738. The van der Waals surface area contributed by atoms with Gasteiger partial charge in [0.2, 0.25) is 5.91 Å². The lowest BCUT2D eigenvalue weighted by Gasteiger charge is -2.20. The largest absolute Gasteiger partial charge is 0.344 e. The number of carbonyl (C=O) groups excluding carboxylic acids is 1. The van der Waals surface area contributed by atoms with Crippen LogP contribution in [0.3, 0.4) is 0 Å². The summed E-state index contributed by atoms with van der Waals surface area (Å²) in [7, 11) is 0. The van der Waals surface area contributed by atoms with Crippen LogP contribution in [0, 0.1) is 5.41 Å². The molecule has 1 heterocycles. The van der Waals surface area contributed by atoms with E-state index in [-0.39, 0.29) is 17.4 Å². The highest BCUT2D eigenvalue weighted by Gasteiger charge is 2.31. The van der Waals surface area contributed by atoms with Crippen LogP contribution in [0.4, 0.5) is 0 Å². The summed E-state index contributed by atoms with van der Waals surface area (Å²) in [5.41, 5.74) is 0.148. The zero-order valence-electron chi connectivity index (χ0n) is 10.1. The van der Waals surface area contributed by atoms with E-state index >= 15 is 0 Å². The van der Waals surface area contributed by atoms with E-state index in [1.54, 1.807) is 0 Å². The van der Waals surface area contributed by atoms with Crippen LogP contribution in [0.15, 0.2) is 4.99 Å². The first-order valence-electron chi connectivity index (χ1n) is 5.54. The maximum atomic E-state index is 11.6. The van der Waals surface area contributed by atoms with E-state index in [0.29, 0.717) is 5.96 Å². The number of guanidine groups is 1. The Morgan fingerprint density at radius 1 is 1.40 bits per heavy atom. The number of hydrogen-bond acceptors (Lipinski definition) is 2. The lowest BCUT2D eigenvalue weighted by Crippen LogP contribution is -2.33. The van der Waals surface area contributed by atoms with E-state index in [0.717, 1.165) is 19.4 Å². The molecule has 15 heavy (non-hydrogen) atoms. The molecule has 0 radical (unpaired) electrons. The van der Waals surface area contributed by atoms with E-state index < -0.39 is 0 Å². The summed E-state index contributed by atoms with van der Waals surface area (Å²) in [6, 6.07) is -0.124. The molecular formula is C11H21N3O.